The highest BCUT2D eigenvalue weighted by molar-refractivity contribution is 5.92. The number of carbonyl (C=O) groups excluding carboxylic acids is 4. The second-order valence-electron chi connectivity index (χ2n) is 6.43. The van der Waals surface area contributed by atoms with Crippen LogP contribution in [0.15, 0.2) is 6.07 Å². The van der Waals surface area contributed by atoms with Gasteiger partial charge < -0.3 is 19.7 Å². The average molecular weight is 418 g/mol. The van der Waals surface area contributed by atoms with Gasteiger partial charge in [-0.3, -0.25) is 14.4 Å². The van der Waals surface area contributed by atoms with Crippen LogP contribution in [0.5, 0.6) is 5.75 Å². The summed E-state index contributed by atoms with van der Waals surface area (Å²) in [6.45, 7) is -0.305. The molecule has 1 aromatic rings. The molecular formula is C18H18F4N2O5. The Bertz CT molecular complexity index is 771. The highest BCUT2D eigenvalue weighted by atomic mass is 19.2. The van der Waals surface area contributed by atoms with Gasteiger partial charge in [0.1, 0.15) is 12.9 Å². The maximum Gasteiger partial charge on any atom is 0.223 e. The molecule has 0 bridgehead atoms. The number of carbonyl (C=O) groups is 4. The van der Waals surface area contributed by atoms with Crippen LogP contribution in [-0.4, -0.2) is 55.0 Å². The van der Waals surface area contributed by atoms with E-state index in [9.17, 15) is 36.7 Å². The highest BCUT2D eigenvalue weighted by Crippen LogP contribution is 2.26. The van der Waals surface area contributed by atoms with Crippen molar-refractivity contribution in [2.75, 3.05) is 19.7 Å². The number of hydrogen-bond acceptors (Lipinski definition) is 5. The van der Waals surface area contributed by atoms with Crippen LogP contribution in [0.4, 0.5) is 17.6 Å². The summed E-state index contributed by atoms with van der Waals surface area (Å²) in [7, 11) is 0. The van der Waals surface area contributed by atoms with Crippen LogP contribution < -0.4 is 10.1 Å². The fourth-order valence-electron chi connectivity index (χ4n) is 2.85. The van der Waals surface area contributed by atoms with Crippen molar-refractivity contribution in [1.82, 2.24) is 10.2 Å². The van der Waals surface area contributed by atoms with Crippen LogP contribution in [0.1, 0.15) is 19.3 Å². The zero-order valence-electron chi connectivity index (χ0n) is 15.1. The van der Waals surface area contributed by atoms with E-state index in [4.69, 9.17) is 0 Å². The molecule has 1 unspecified atom stereocenters. The predicted octanol–water partition coefficient (Wildman–Crippen LogP) is 1.13. The third-order valence-electron chi connectivity index (χ3n) is 4.52. The molecule has 1 atom stereocenters. The molecule has 1 aliphatic rings. The molecule has 0 aromatic heterocycles. The topological polar surface area (TPSA) is 92.8 Å². The molecule has 0 aliphatic carbocycles. The molecule has 0 spiro atoms. The summed E-state index contributed by atoms with van der Waals surface area (Å²) in [5.41, 5.74) is 0. The second kappa shape index (κ2) is 9.99. The summed E-state index contributed by atoms with van der Waals surface area (Å²) in [4.78, 5) is 47.5. The Morgan fingerprint density at radius 2 is 1.72 bits per heavy atom. The minimum atomic E-state index is -1.81. The molecule has 158 valence electrons. The van der Waals surface area contributed by atoms with Crippen molar-refractivity contribution in [2.45, 2.75) is 25.3 Å². The lowest BCUT2D eigenvalue weighted by molar-refractivity contribution is -0.133. The summed E-state index contributed by atoms with van der Waals surface area (Å²) < 4.78 is 58.1. The van der Waals surface area contributed by atoms with Crippen molar-refractivity contribution in [3.05, 3.63) is 29.3 Å². The van der Waals surface area contributed by atoms with Crippen LogP contribution in [-0.2, 0) is 19.2 Å². The number of ether oxygens (including phenoxy) is 1. The van der Waals surface area contributed by atoms with Crippen LogP contribution in [0.3, 0.4) is 0 Å². The van der Waals surface area contributed by atoms with Gasteiger partial charge in [-0.15, -0.1) is 0 Å². The van der Waals surface area contributed by atoms with Gasteiger partial charge in [0, 0.05) is 31.5 Å². The van der Waals surface area contributed by atoms with Crippen molar-refractivity contribution in [1.29, 1.82) is 0 Å². The van der Waals surface area contributed by atoms with E-state index >= 15 is 0 Å². The molecule has 11 heteroatoms. The maximum atomic E-state index is 13.6. The fraction of sp³-hybridized carbons (Fsp3) is 0.444. The Hall–Kier alpha value is -2.98. The van der Waals surface area contributed by atoms with Gasteiger partial charge in [-0.25, -0.2) is 8.78 Å². The lowest BCUT2D eigenvalue weighted by Gasteiger charge is -2.29. The minimum Gasteiger partial charge on any atom is -0.479 e. The number of likely N-dealkylation sites (tertiary alicyclic amines) is 1. The van der Waals surface area contributed by atoms with Crippen molar-refractivity contribution >= 4 is 24.4 Å². The lowest BCUT2D eigenvalue weighted by Crippen LogP contribution is -2.47. The SMILES string of the molecule is O=CCC(NC(=O)C1CCN(C=O)CC1)C(=O)COc1c(F)c(F)cc(F)c1F. The van der Waals surface area contributed by atoms with Gasteiger partial charge in [0.25, 0.3) is 0 Å². The van der Waals surface area contributed by atoms with E-state index in [1.165, 1.54) is 4.90 Å². The molecule has 2 rings (SSSR count). The van der Waals surface area contributed by atoms with E-state index in [2.05, 4.69) is 10.1 Å². The molecule has 0 saturated carbocycles. The molecule has 2 amide bonds. The van der Waals surface area contributed by atoms with Crippen LogP contribution in [0, 0.1) is 29.2 Å². The summed E-state index contributed by atoms with van der Waals surface area (Å²) in [6.07, 6.45) is 1.33. The first-order chi connectivity index (χ1) is 13.8. The molecule has 29 heavy (non-hydrogen) atoms. The van der Waals surface area contributed by atoms with E-state index in [-0.39, 0.29) is 6.07 Å². The maximum absolute atomic E-state index is 13.6. The number of Topliss-reactive ketones (excluding diaryl/α,β-unsaturated/α-hetero) is 1. The van der Waals surface area contributed by atoms with Crippen LogP contribution in [0.2, 0.25) is 0 Å². The molecule has 1 aliphatic heterocycles. The van der Waals surface area contributed by atoms with E-state index in [0.29, 0.717) is 38.6 Å². The largest absolute Gasteiger partial charge is 0.479 e. The zero-order valence-corrected chi connectivity index (χ0v) is 15.1. The smallest absolute Gasteiger partial charge is 0.223 e. The molecule has 7 nitrogen and oxygen atoms in total. The first kappa shape index (κ1) is 22.3. The normalized spacial score (nSPS) is 15.5. The van der Waals surface area contributed by atoms with E-state index < -0.39 is 65.7 Å². The number of aldehydes is 1. The van der Waals surface area contributed by atoms with Gasteiger partial charge in [-0.1, -0.05) is 0 Å². The summed E-state index contributed by atoms with van der Waals surface area (Å²) in [6, 6.07) is -1.35. The van der Waals surface area contributed by atoms with E-state index in [1.807, 2.05) is 0 Å². The van der Waals surface area contributed by atoms with Crippen molar-refractivity contribution < 1.29 is 41.5 Å². The number of nitrogens with zero attached hydrogens (tertiary/aromatic N) is 1. The summed E-state index contributed by atoms with van der Waals surface area (Å²) >= 11 is 0. The zero-order chi connectivity index (χ0) is 21.6. The number of hydrogen-bond donors (Lipinski definition) is 1. The molecule has 1 aromatic carbocycles. The molecule has 1 heterocycles. The summed E-state index contributed by atoms with van der Waals surface area (Å²) in [5, 5.41) is 2.37. The number of ketones is 1. The number of rotatable bonds is 9. The number of nitrogens with one attached hydrogen (secondary N) is 1. The predicted molar refractivity (Wildman–Crippen MR) is 89.7 cm³/mol. The Balaban J connectivity index is 2.00. The minimum absolute atomic E-state index is 0.00925. The van der Waals surface area contributed by atoms with E-state index in [0.717, 1.165) is 0 Å². The highest BCUT2D eigenvalue weighted by Gasteiger charge is 2.29. The monoisotopic (exact) mass is 418 g/mol. The second-order valence-corrected chi connectivity index (χ2v) is 6.43. The first-order valence-electron chi connectivity index (χ1n) is 8.70. The number of piperidine rings is 1. The Kier molecular flexibility index (Phi) is 7.68. The van der Waals surface area contributed by atoms with Gasteiger partial charge in [0.2, 0.25) is 24.0 Å². The number of amides is 2. The van der Waals surface area contributed by atoms with Crippen molar-refractivity contribution in [2.24, 2.45) is 5.92 Å². The van der Waals surface area contributed by atoms with Crippen molar-refractivity contribution in [3.63, 3.8) is 0 Å². The molecule has 1 N–H and O–H groups in total. The number of halogens is 4. The standard InChI is InChI=1S/C18H18F4N2O5/c19-11-7-12(20)16(22)17(15(11)21)29-8-14(27)13(3-6-25)23-18(28)10-1-4-24(9-26)5-2-10/h6-7,9-10,13H,1-5,8H2,(H,23,28). The molecule has 1 fully saturated rings. The van der Waals surface area contributed by atoms with Gasteiger partial charge in [-0.2, -0.15) is 8.78 Å². The third kappa shape index (κ3) is 5.52. The van der Waals surface area contributed by atoms with Gasteiger partial charge in [0.05, 0.1) is 6.04 Å². The van der Waals surface area contributed by atoms with E-state index in [1.54, 1.807) is 0 Å². The fourth-order valence-corrected chi connectivity index (χ4v) is 2.85. The van der Waals surface area contributed by atoms with Gasteiger partial charge >= 0.3 is 0 Å². The van der Waals surface area contributed by atoms with Crippen LogP contribution in [0.25, 0.3) is 0 Å². The van der Waals surface area contributed by atoms with Gasteiger partial charge in [0.15, 0.2) is 23.2 Å². The average Bonchev–Trinajstić information content (AvgIpc) is 2.71. The first-order valence-corrected chi connectivity index (χ1v) is 8.70. The molecule has 0 radical (unpaired) electrons. The Morgan fingerprint density at radius 1 is 1.14 bits per heavy atom. The van der Waals surface area contributed by atoms with Crippen LogP contribution >= 0.6 is 0 Å². The molecule has 1 saturated heterocycles. The molecular weight excluding hydrogens is 400 g/mol. The quantitative estimate of drug-likeness (QED) is 0.369. The lowest BCUT2D eigenvalue weighted by atomic mass is 9.95. The summed E-state index contributed by atoms with van der Waals surface area (Å²) in [5.74, 6) is -10.4. The Morgan fingerprint density at radius 3 is 2.24 bits per heavy atom. The van der Waals surface area contributed by atoms with Gasteiger partial charge in [-0.05, 0) is 12.8 Å². The third-order valence-corrected chi connectivity index (χ3v) is 4.52. The van der Waals surface area contributed by atoms with Crippen molar-refractivity contribution in [3.8, 4) is 5.75 Å². The number of benzene rings is 1. The Labute approximate surface area is 163 Å².